The van der Waals surface area contributed by atoms with Crippen molar-refractivity contribution in [3.05, 3.63) is 64.7 Å². The number of rotatable bonds is 3. The standard InChI is InChI=1S/C15H12BrN3O2/c1-10-7-14(17-15(20)11-5-6-21-9-11)19(18-10)13-4-2-3-12(16)8-13/h2-9H,1H3,(H,17,20). The molecule has 0 aliphatic heterocycles. The van der Waals surface area contributed by atoms with Crippen LogP contribution in [-0.2, 0) is 0 Å². The number of aryl methyl sites for hydroxylation is 1. The Bertz CT molecular complexity index is 778. The highest BCUT2D eigenvalue weighted by Gasteiger charge is 2.13. The van der Waals surface area contributed by atoms with E-state index in [-0.39, 0.29) is 5.91 Å². The largest absolute Gasteiger partial charge is 0.472 e. The maximum absolute atomic E-state index is 12.1. The minimum atomic E-state index is -0.236. The van der Waals surface area contributed by atoms with Crippen LogP contribution in [0.25, 0.3) is 5.69 Å². The molecular formula is C15H12BrN3O2. The number of hydrogen-bond donors (Lipinski definition) is 1. The first-order chi connectivity index (χ1) is 10.1. The van der Waals surface area contributed by atoms with Gasteiger partial charge in [-0.1, -0.05) is 22.0 Å². The summed E-state index contributed by atoms with van der Waals surface area (Å²) in [5, 5.41) is 7.25. The first kappa shape index (κ1) is 13.6. The lowest BCUT2D eigenvalue weighted by Gasteiger charge is -2.08. The molecule has 1 amide bonds. The maximum Gasteiger partial charge on any atom is 0.260 e. The lowest BCUT2D eigenvalue weighted by molar-refractivity contribution is 0.102. The van der Waals surface area contributed by atoms with Gasteiger partial charge in [-0.05, 0) is 31.2 Å². The summed E-state index contributed by atoms with van der Waals surface area (Å²) in [5.41, 5.74) is 2.15. The van der Waals surface area contributed by atoms with E-state index in [0.717, 1.165) is 15.9 Å². The second kappa shape index (κ2) is 5.57. The number of anilines is 1. The predicted octanol–water partition coefficient (Wildman–Crippen LogP) is 3.79. The van der Waals surface area contributed by atoms with Crippen LogP contribution in [0.3, 0.4) is 0 Å². The van der Waals surface area contributed by atoms with E-state index in [1.807, 2.05) is 37.3 Å². The highest BCUT2D eigenvalue weighted by molar-refractivity contribution is 9.10. The lowest BCUT2D eigenvalue weighted by Crippen LogP contribution is -2.14. The second-order valence-corrected chi connectivity index (χ2v) is 5.44. The molecule has 3 rings (SSSR count). The number of hydrogen-bond acceptors (Lipinski definition) is 3. The van der Waals surface area contributed by atoms with Gasteiger partial charge in [0.2, 0.25) is 0 Å². The van der Waals surface area contributed by atoms with Crippen molar-refractivity contribution >= 4 is 27.7 Å². The van der Waals surface area contributed by atoms with Crippen molar-refractivity contribution < 1.29 is 9.21 Å². The molecule has 2 heterocycles. The predicted molar refractivity (Wildman–Crippen MR) is 82.7 cm³/mol. The third kappa shape index (κ3) is 2.90. The van der Waals surface area contributed by atoms with Crippen molar-refractivity contribution in [2.75, 3.05) is 5.32 Å². The summed E-state index contributed by atoms with van der Waals surface area (Å²) < 4.78 is 7.56. The van der Waals surface area contributed by atoms with E-state index in [1.165, 1.54) is 12.5 Å². The van der Waals surface area contributed by atoms with E-state index in [1.54, 1.807) is 10.7 Å². The van der Waals surface area contributed by atoms with E-state index in [4.69, 9.17) is 4.42 Å². The summed E-state index contributed by atoms with van der Waals surface area (Å²) >= 11 is 3.43. The Labute approximate surface area is 129 Å². The molecular weight excluding hydrogens is 334 g/mol. The Kier molecular flexibility index (Phi) is 3.62. The molecule has 0 radical (unpaired) electrons. The summed E-state index contributed by atoms with van der Waals surface area (Å²) in [6.07, 6.45) is 2.87. The van der Waals surface area contributed by atoms with Gasteiger partial charge in [0.1, 0.15) is 12.1 Å². The molecule has 106 valence electrons. The smallest absolute Gasteiger partial charge is 0.260 e. The number of benzene rings is 1. The number of amides is 1. The van der Waals surface area contributed by atoms with Gasteiger partial charge in [0.05, 0.1) is 23.2 Å². The first-order valence-corrected chi connectivity index (χ1v) is 7.09. The maximum atomic E-state index is 12.1. The molecule has 0 spiro atoms. The zero-order valence-electron chi connectivity index (χ0n) is 11.2. The Morgan fingerprint density at radius 2 is 2.19 bits per heavy atom. The third-order valence-electron chi connectivity index (χ3n) is 2.91. The Balaban J connectivity index is 1.95. The summed E-state index contributed by atoms with van der Waals surface area (Å²) in [6, 6.07) is 11.1. The van der Waals surface area contributed by atoms with Gasteiger partial charge in [-0.2, -0.15) is 5.10 Å². The van der Waals surface area contributed by atoms with Crippen molar-refractivity contribution in [1.82, 2.24) is 9.78 Å². The molecule has 1 aromatic carbocycles. The molecule has 0 unspecified atom stereocenters. The molecule has 0 saturated carbocycles. The number of carbonyl (C=O) groups excluding carboxylic acids is 1. The van der Waals surface area contributed by atoms with E-state index in [2.05, 4.69) is 26.3 Å². The summed E-state index contributed by atoms with van der Waals surface area (Å²) in [6.45, 7) is 1.88. The van der Waals surface area contributed by atoms with Gasteiger partial charge >= 0.3 is 0 Å². The highest BCUT2D eigenvalue weighted by Crippen LogP contribution is 2.21. The summed E-state index contributed by atoms with van der Waals surface area (Å²) in [4.78, 5) is 12.1. The fourth-order valence-corrected chi connectivity index (χ4v) is 2.36. The highest BCUT2D eigenvalue weighted by atomic mass is 79.9. The van der Waals surface area contributed by atoms with Crippen molar-refractivity contribution in [2.45, 2.75) is 6.92 Å². The number of carbonyl (C=O) groups is 1. The molecule has 2 aromatic heterocycles. The van der Waals surface area contributed by atoms with Gasteiger partial charge in [-0.25, -0.2) is 4.68 Å². The Morgan fingerprint density at radius 3 is 2.90 bits per heavy atom. The van der Waals surface area contributed by atoms with Crippen LogP contribution < -0.4 is 5.32 Å². The fourth-order valence-electron chi connectivity index (χ4n) is 1.98. The zero-order valence-corrected chi connectivity index (χ0v) is 12.8. The molecule has 21 heavy (non-hydrogen) atoms. The van der Waals surface area contributed by atoms with Crippen LogP contribution in [-0.4, -0.2) is 15.7 Å². The van der Waals surface area contributed by atoms with Crippen LogP contribution in [0.1, 0.15) is 16.1 Å². The zero-order chi connectivity index (χ0) is 14.8. The lowest BCUT2D eigenvalue weighted by atomic mass is 10.3. The number of nitrogens with zero attached hydrogens (tertiary/aromatic N) is 2. The average Bonchev–Trinajstić information content (AvgIpc) is 3.08. The van der Waals surface area contributed by atoms with Gasteiger partial charge < -0.3 is 9.73 Å². The molecule has 0 aliphatic carbocycles. The van der Waals surface area contributed by atoms with E-state index >= 15 is 0 Å². The molecule has 0 atom stereocenters. The molecule has 3 aromatic rings. The normalized spacial score (nSPS) is 10.6. The van der Waals surface area contributed by atoms with Gasteiger partial charge in [0, 0.05) is 10.5 Å². The van der Waals surface area contributed by atoms with Crippen molar-refractivity contribution in [2.24, 2.45) is 0 Å². The van der Waals surface area contributed by atoms with Crippen LogP contribution in [0.2, 0.25) is 0 Å². The summed E-state index contributed by atoms with van der Waals surface area (Å²) in [7, 11) is 0. The van der Waals surface area contributed by atoms with Crippen LogP contribution in [0.15, 0.2) is 57.8 Å². The molecule has 5 nitrogen and oxygen atoms in total. The molecule has 0 saturated heterocycles. The van der Waals surface area contributed by atoms with Crippen LogP contribution >= 0.6 is 15.9 Å². The molecule has 0 bridgehead atoms. The van der Waals surface area contributed by atoms with Gasteiger partial charge in [0.15, 0.2) is 0 Å². The Hall–Kier alpha value is -2.34. The number of furan rings is 1. The average molecular weight is 346 g/mol. The number of aromatic nitrogens is 2. The van der Waals surface area contributed by atoms with Crippen LogP contribution in [0.4, 0.5) is 5.82 Å². The fraction of sp³-hybridized carbons (Fsp3) is 0.0667. The topological polar surface area (TPSA) is 60.1 Å². The second-order valence-electron chi connectivity index (χ2n) is 4.53. The third-order valence-corrected chi connectivity index (χ3v) is 3.40. The monoisotopic (exact) mass is 345 g/mol. The van der Waals surface area contributed by atoms with E-state index < -0.39 is 0 Å². The van der Waals surface area contributed by atoms with E-state index in [9.17, 15) is 4.79 Å². The van der Waals surface area contributed by atoms with Crippen molar-refractivity contribution in [3.63, 3.8) is 0 Å². The Morgan fingerprint density at radius 1 is 1.33 bits per heavy atom. The molecule has 1 N–H and O–H groups in total. The molecule has 6 heteroatoms. The molecule has 0 aliphatic rings. The van der Waals surface area contributed by atoms with Gasteiger partial charge in [-0.15, -0.1) is 0 Å². The quantitative estimate of drug-likeness (QED) is 0.785. The van der Waals surface area contributed by atoms with Crippen LogP contribution in [0, 0.1) is 6.92 Å². The number of halogens is 1. The molecule has 0 fully saturated rings. The van der Waals surface area contributed by atoms with Crippen molar-refractivity contribution in [1.29, 1.82) is 0 Å². The van der Waals surface area contributed by atoms with Gasteiger partial charge in [-0.3, -0.25) is 4.79 Å². The van der Waals surface area contributed by atoms with E-state index in [0.29, 0.717) is 11.4 Å². The van der Waals surface area contributed by atoms with Gasteiger partial charge in [0.25, 0.3) is 5.91 Å². The SMILES string of the molecule is Cc1cc(NC(=O)c2ccoc2)n(-c2cccc(Br)c2)n1. The van der Waals surface area contributed by atoms with Crippen molar-refractivity contribution in [3.8, 4) is 5.69 Å². The minimum absolute atomic E-state index is 0.236. The van der Waals surface area contributed by atoms with Crippen LogP contribution in [0.5, 0.6) is 0 Å². The first-order valence-electron chi connectivity index (χ1n) is 6.29. The minimum Gasteiger partial charge on any atom is -0.472 e. The number of nitrogens with one attached hydrogen (secondary N) is 1. The summed E-state index contributed by atoms with van der Waals surface area (Å²) in [5.74, 6) is 0.372.